The predicted octanol–water partition coefficient (Wildman–Crippen LogP) is 3.68. The Balaban J connectivity index is 2.01. The average Bonchev–Trinajstić information content (AvgIpc) is 2.83. The Hall–Kier alpha value is -2.12. The third-order valence-electron chi connectivity index (χ3n) is 3.36. The first kappa shape index (κ1) is 18.2. The topological polar surface area (TPSA) is 64.8 Å². The highest BCUT2D eigenvalue weighted by atomic mass is 19.4. The van der Waals surface area contributed by atoms with Crippen LogP contribution in [0.2, 0.25) is 0 Å². The van der Waals surface area contributed by atoms with Gasteiger partial charge < -0.3 is 20.1 Å². The molecule has 24 heavy (non-hydrogen) atoms. The summed E-state index contributed by atoms with van der Waals surface area (Å²) < 4.78 is 49.3. The standard InChI is InChI=1S/C16H21F3N2O3/c1-15(2,3)24-14(22)21-5-4-12(9-21)23-13-7-10(16(17,18)19)6-11(20)8-13/h6-8,12H,4-5,9,20H2,1-3H3/t12-/m1/s1. The fraction of sp³-hybridized carbons (Fsp3) is 0.562. The first-order valence-corrected chi connectivity index (χ1v) is 7.56. The number of ether oxygens (including phenoxy) is 2. The lowest BCUT2D eigenvalue weighted by Gasteiger charge is -2.24. The molecule has 1 atom stereocenters. The van der Waals surface area contributed by atoms with E-state index in [1.165, 1.54) is 11.0 Å². The minimum Gasteiger partial charge on any atom is -0.488 e. The Morgan fingerprint density at radius 2 is 1.92 bits per heavy atom. The normalized spacial score (nSPS) is 18.6. The summed E-state index contributed by atoms with van der Waals surface area (Å²) in [5, 5.41) is 0. The quantitative estimate of drug-likeness (QED) is 0.830. The molecule has 2 rings (SSSR count). The molecule has 0 radical (unpaired) electrons. The maximum absolute atomic E-state index is 12.8. The van der Waals surface area contributed by atoms with E-state index in [9.17, 15) is 18.0 Å². The number of rotatable bonds is 2. The summed E-state index contributed by atoms with van der Waals surface area (Å²) >= 11 is 0. The molecule has 8 heteroatoms. The van der Waals surface area contributed by atoms with Crippen LogP contribution in [0, 0.1) is 0 Å². The van der Waals surface area contributed by atoms with Gasteiger partial charge in [0.25, 0.3) is 0 Å². The van der Waals surface area contributed by atoms with Crippen molar-refractivity contribution in [3.63, 3.8) is 0 Å². The number of hydrogen-bond acceptors (Lipinski definition) is 4. The molecule has 1 fully saturated rings. The van der Waals surface area contributed by atoms with E-state index in [1.54, 1.807) is 20.8 Å². The molecule has 1 heterocycles. The second-order valence-electron chi connectivity index (χ2n) is 6.74. The number of hydrogen-bond donors (Lipinski definition) is 1. The fourth-order valence-corrected chi connectivity index (χ4v) is 2.36. The van der Waals surface area contributed by atoms with Gasteiger partial charge in [-0.05, 0) is 32.9 Å². The van der Waals surface area contributed by atoms with Gasteiger partial charge in [-0.1, -0.05) is 0 Å². The summed E-state index contributed by atoms with van der Waals surface area (Å²) in [6.45, 7) is 5.97. The van der Waals surface area contributed by atoms with Gasteiger partial charge in [-0.15, -0.1) is 0 Å². The summed E-state index contributed by atoms with van der Waals surface area (Å²) in [7, 11) is 0. The number of likely N-dealkylation sites (tertiary alicyclic amines) is 1. The zero-order valence-corrected chi connectivity index (χ0v) is 13.8. The molecule has 0 spiro atoms. The van der Waals surface area contributed by atoms with Gasteiger partial charge in [0.15, 0.2) is 0 Å². The second-order valence-corrected chi connectivity index (χ2v) is 6.74. The van der Waals surface area contributed by atoms with Crippen LogP contribution in [0.15, 0.2) is 18.2 Å². The number of amides is 1. The van der Waals surface area contributed by atoms with E-state index in [1.807, 2.05) is 0 Å². The SMILES string of the molecule is CC(C)(C)OC(=O)N1CC[C@@H](Oc2cc(N)cc(C(F)(F)F)c2)C1. The summed E-state index contributed by atoms with van der Waals surface area (Å²) in [4.78, 5) is 13.5. The third-order valence-corrected chi connectivity index (χ3v) is 3.36. The molecule has 1 aromatic carbocycles. The van der Waals surface area contributed by atoms with Crippen LogP contribution < -0.4 is 10.5 Å². The number of alkyl halides is 3. The largest absolute Gasteiger partial charge is 0.488 e. The highest BCUT2D eigenvalue weighted by Crippen LogP contribution is 2.34. The fourth-order valence-electron chi connectivity index (χ4n) is 2.36. The van der Waals surface area contributed by atoms with Gasteiger partial charge in [0.2, 0.25) is 0 Å². The van der Waals surface area contributed by atoms with Crippen molar-refractivity contribution < 1.29 is 27.4 Å². The minimum absolute atomic E-state index is 0.0261. The lowest BCUT2D eigenvalue weighted by Crippen LogP contribution is -2.36. The molecule has 1 aliphatic rings. The number of halogens is 3. The van der Waals surface area contributed by atoms with Crippen molar-refractivity contribution in [3.05, 3.63) is 23.8 Å². The first-order valence-electron chi connectivity index (χ1n) is 7.56. The van der Waals surface area contributed by atoms with Crippen molar-refractivity contribution >= 4 is 11.8 Å². The zero-order chi connectivity index (χ0) is 18.1. The molecule has 2 N–H and O–H groups in total. The Labute approximate surface area is 138 Å². The van der Waals surface area contributed by atoms with Gasteiger partial charge in [0.1, 0.15) is 17.5 Å². The number of anilines is 1. The van der Waals surface area contributed by atoms with Crippen LogP contribution >= 0.6 is 0 Å². The molecule has 1 aromatic rings. The van der Waals surface area contributed by atoms with Crippen LogP contribution in [0.5, 0.6) is 5.75 Å². The average molecular weight is 346 g/mol. The van der Waals surface area contributed by atoms with Crippen LogP contribution in [0.25, 0.3) is 0 Å². The van der Waals surface area contributed by atoms with Crippen molar-refractivity contribution in [1.82, 2.24) is 4.90 Å². The van der Waals surface area contributed by atoms with E-state index in [2.05, 4.69) is 0 Å². The number of nitrogens with zero attached hydrogens (tertiary/aromatic N) is 1. The number of carbonyl (C=O) groups is 1. The van der Waals surface area contributed by atoms with Crippen molar-refractivity contribution in [2.75, 3.05) is 18.8 Å². The molecule has 1 amide bonds. The van der Waals surface area contributed by atoms with Gasteiger partial charge in [-0.25, -0.2) is 4.79 Å². The van der Waals surface area contributed by atoms with E-state index in [0.29, 0.717) is 13.0 Å². The number of carbonyl (C=O) groups excluding carboxylic acids is 1. The van der Waals surface area contributed by atoms with Gasteiger partial charge in [-0.2, -0.15) is 13.2 Å². The molecule has 5 nitrogen and oxygen atoms in total. The molecule has 1 saturated heterocycles. The van der Waals surface area contributed by atoms with Gasteiger partial charge >= 0.3 is 12.3 Å². The van der Waals surface area contributed by atoms with Gasteiger partial charge in [-0.3, -0.25) is 0 Å². The Kier molecular flexibility index (Phi) is 4.87. The molecule has 0 unspecified atom stereocenters. The van der Waals surface area contributed by atoms with Crippen molar-refractivity contribution in [3.8, 4) is 5.75 Å². The molecular formula is C16H21F3N2O3. The van der Waals surface area contributed by atoms with Crippen LogP contribution in [-0.4, -0.2) is 35.8 Å². The highest BCUT2D eigenvalue weighted by molar-refractivity contribution is 5.68. The van der Waals surface area contributed by atoms with Crippen LogP contribution in [0.3, 0.4) is 0 Å². The lowest BCUT2D eigenvalue weighted by atomic mass is 10.2. The van der Waals surface area contributed by atoms with Gasteiger partial charge in [0.05, 0.1) is 12.1 Å². The highest BCUT2D eigenvalue weighted by Gasteiger charge is 2.33. The van der Waals surface area contributed by atoms with E-state index >= 15 is 0 Å². The van der Waals surface area contributed by atoms with Crippen LogP contribution in [0.1, 0.15) is 32.8 Å². The summed E-state index contributed by atoms with van der Waals surface area (Å²) in [5.74, 6) is 0.0402. The Morgan fingerprint density at radius 3 is 2.50 bits per heavy atom. The van der Waals surface area contributed by atoms with E-state index in [-0.39, 0.29) is 18.0 Å². The van der Waals surface area contributed by atoms with Crippen LogP contribution in [0.4, 0.5) is 23.7 Å². The molecular weight excluding hydrogens is 325 g/mol. The number of benzene rings is 1. The van der Waals surface area contributed by atoms with Gasteiger partial charge in [0, 0.05) is 24.7 Å². The van der Waals surface area contributed by atoms with Crippen molar-refractivity contribution in [2.24, 2.45) is 0 Å². The maximum Gasteiger partial charge on any atom is 0.416 e. The number of nitrogens with two attached hydrogens (primary N) is 1. The predicted molar refractivity (Wildman–Crippen MR) is 82.7 cm³/mol. The molecule has 0 aromatic heterocycles. The summed E-state index contributed by atoms with van der Waals surface area (Å²) in [6.07, 6.45) is -4.85. The van der Waals surface area contributed by atoms with E-state index in [0.717, 1.165) is 12.1 Å². The second kappa shape index (κ2) is 6.41. The smallest absolute Gasteiger partial charge is 0.416 e. The molecule has 134 valence electrons. The summed E-state index contributed by atoms with van der Waals surface area (Å²) in [5.41, 5.74) is 4.02. The minimum atomic E-state index is -4.49. The lowest BCUT2D eigenvalue weighted by molar-refractivity contribution is -0.137. The molecule has 0 saturated carbocycles. The maximum atomic E-state index is 12.8. The Bertz CT molecular complexity index is 612. The number of nitrogen functional groups attached to an aromatic ring is 1. The molecule has 1 aliphatic heterocycles. The monoisotopic (exact) mass is 346 g/mol. The van der Waals surface area contributed by atoms with Crippen LogP contribution in [-0.2, 0) is 10.9 Å². The van der Waals surface area contributed by atoms with Crippen molar-refractivity contribution in [1.29, 1.82) is 0 Å². The molecule has 0 aliphatic carbocycles. The third kappa shape index (κ3) is 4.94. The van der Waals surface area contributed by atoms with E-state index < -0.39 is 29.5 Å². The van der Waals surface area contributed by atoms with E-state index in [4.69, 9.17) is 15.2 Å². The first-order chi connectivity index (χ1) is 10.9. The summed E-state index contributed by atoms with van der Waals surface area (Å²) in [6, 6.07) is 3.10. The molecule has 0 bridgehead atoms. The zero-order valence-electron chi connectivity index (χ0n) is 13.8. The Morgan fingerprint density at radius 1 is 1.25 bits per heavy atom. The van der Waals surface area contributed by atoms with Crippen molar-refractivity contribution in [2.45, 2.75) is 45.1 Å².